The molecule has 2 heterocycles. The highest BCUT2D eigenvalue weighted by Gasteiger charge is 2.11. The molecule has 0 saturated heterocycles. The van der Waals surface area contributed by atoms with Gasteiger partial charge in [0.2, 0.25) is 0 Å². The number of benzene rings is 1. The molecule has 0 amide bonds. The molecule has 0 radical (unpaired) electrons. The first-order chi connectivity index (χ1) is 8.86. The van der Waals surface area contributed by atoms with Crippen LogP contribution >= 0.6 is 22.9 Å². The van der Waals surface area contributed by atoms with Crippen LogP contribution in [0.25, 0.3) is 21.7 Å². The Hall–Kier alpha value is -1.71. The van der Waals surface area contributed by atoms with E-state index < -0.39 is 0 Å². The predicted molar refractivity (Wildman–Crippen MR) is 75.8 cm³/mol. The van der Waals surface area contributed by atoms with Gasteiger partial charge in [-0.25, -0.2) is 9.97 Å². The molecule has 1 aromatic carbocycles. The smallest absolute Gasteiger partial charge is 0.136 e. The molecule has 0 N–H and O–H groups in total. The van der Waals surface area contributed by atoms with Gasteiger partial charge in [0.05, 0.1) is 0 Å². The molecule has 2 nitrogen and oxygen atoms in total. The van der Waals surface area contributed by atoms with E-state index >= 15 is 0 Å². The van der Waals surface area contributed by atoms with Crippen molar-refractivity contribution in [3.05, 3.63) is 59.3 Å². The van der Waals surface area contributed by atoms with E-state index in [4.69, 9.17) is 11.6 Å². The summed E-state index contributed by atoms with van der Waals surface area (Å²) < 4.78 is 0. The average molecular weight is 273 g/mol. The number of rotatable bonds is 2. The molecular weight excluding hydrogens is 264 g/mol. The van der Waals surface area contributed by atoms with Gasteiger partial charge in [-0.05, 0) is 17.7 Å². The molecule has 88 valence electrons. The van der Waals surface area contributed by atoms with Gasteiger partial charge in [0.15, 0.2) is 0 Å². The Labute approximate surface area is 114 Å². The van der Waals surface area contributed by atoms with Crippen molar-refractivity contribution in [3.63, 3.8) is 0 Å². The topological polar surface area (TPSA) is 25.8 Å². The highest BCUT2D eigenvalue weighted by atomic mass is 35.5. The van der Waals surface area contributed by atoms with E-state index in [1.165, 1.54) is 0 Å². The lowest BCUT2D eigenvalue weighted by molar-refractivity contribution is 1.33. The molecule has 0 atom stereocenters. The van der Waals surface area contributed by atoms with Gasteiger partial charge in [0.1, 0.15) is 10.2 Å². The summed E-state index contributed by atoms with van der Waals surface area (Å²) in [4.78, 5) is 8.48. The van der Waals surface area contributed by atoms with Crippen LogP contribution in [-0.4, -0.2) is 9.97 Å². The fraction of sp³-hybridized carbons (Fsp3) is 0. The standard InChI is InChI=1S/C14H9ClN2S/c15-13-11(6-3-7-16-13)10-4-1-2-5-12(10)14-17-8-9-18-14/h1-9H. The lowest BCUT2D eigenvalue weighted by Crippen LogP contribution is -1.86. The summed E-state index contributed by atoms with van der Waals surface area (Å²) in [6.07, 6.45) is 3.50. The van der Waals surface area contributed by atoms with Crippen molar-refractivity contribution in [1.29, 1.82) is 0 Å². The maximum absolute atomic E-state index is 6.16. The van der Waals surface area contributed by atoms with Crippen LogP contribution in [0.15, 0.2) is 54.2 Å². The molecule has 0 aliphatic carbocycles. The first kappa shape index (κ1) is 11.4. The van der Waals surface area contributed by atoms with Gasteiger partial charge in [0.25, 0.3) is 0 Å². The zero-order valence-electron chi connectivity index (χ0n) is 9.38. The zero-order chi connectivity index (χ0) is 12.4. The number of hydrogen-bond donors (Lipinski definition) is 0. The second-order valence-corrected chi connectivity index (χ2v) is 4.98. The van der Waals surface area contributed by atoms with Crippen molar-refractivity contribution >= 4 is 22.9 Å². The van der Waals surface area contributed by atoms with Crippen LogP contribution in [0.5, 0.6) is 0 Å². The van der Waals surface area contributed by atoms with Crippen LogP contribution in [0, 0.1) is 0 Å². The monoisotopic (exact) mass is 272 g/mol. The number of thiazole rings is 1. The molecule has 0 spiro atoms. The summed E-state index contributed by atoms with van der Waals surface area (Å²) in [5.74, 6) is 0. The molecule has 0 aliphatic heterocycles. The first-order valence-corrected chi connectivity index (χ1v) is 6.72. The minimum Gasteiger partial charge on any atom is -0.245 e. The fourth-order valence-electron chi connectivity index (χ4n) is 1.85. The summed E-state index contributed by atoms with van der Waals surface area (Å²) in [5, 5.41) is 3.48. The Bertz CT molecular complexity index is 665. The van der Waals surface area contributed by atoms with Crippen LogP contribution in [0.4, 0.5) is 0 Å². The van der Waals surface area contributed by atoms with Gasteiger partial charge in [-0.1, -0.05) is 35.9 Å². The third-order valence-corrected chi connectivity index (χ3v) is 3.75. The highest BCUT2D eigenvalue weighted by molar-refractivity contribution is 7.13. The molecule has 0 aliphatic rings. The lowest BCUT2D eigenvalue weighted by Gasteiger charge is -2.08. The summed E-state index contributed by atoms with van der Waals surface area (Å²) in [6, 6.07) is 12.0. The van der Waals surface area contributed by atoms with E-state index in [2.05, 4.69) is 16.0 Å². The summed E-state index contributed by atoms with van der Waals surface area (Å²) in [7, 11) is 0. The average Bonchev–Trinajstić information content (AvgIpc) is 2.93. The van der Waals surface area contributed by atoms with E-state index in [1.54, 1.807) is 17.5 Å². The third kappa shape index (κ3) is 2.03. The van der Waals surface area contributed by atoms with E-state index in [1.807, 2.05) is 41.9 Å². The van der Waals surface area contributed by atoms with Gasteiger partial charge in [-0.15, -0.1) is 11.3 Å². The number of pyridine rings is 1. The van der Waals surface area contributed by atoms with Crippen LogP contribution in [0.1, 0.15) is 0 Å². The molecule has 3 rings (SSSR count). The van der Waals surface area contributed by atoms with Crippen LogP contribution in [0.2, 0.25) is 5.15 Å². The second-order valence-electron chi connectivity index (χ2n) is 3.72. The van der Waals surface area contributed by atoms with E-state index in [-0.39, 0.29) is 0 Å². The number of aromatic nitrogens is 2. The SMILES string of the molecule is Clc1ncccc1-c1ccccc1-c1nccs1. The molecule has 18 heavy (non-hydrogen) atoms. The van der Waals surface area contributed by atoms with E-state index in [9.17, 15) is 0 Å². The highest BCUT2D eigenvalue weighted by Crippen LogP contribution is 2.35. The quantitative estimate of drug-likeness (QED) is 0.641. The van der Waals surface area contributed by atoms with Gasteiger partial charge in [-0.2, -0.15) is 0 Å². The third-order valence-electron chi connectivity index (χ3n) is 2.64. The Morgan fingerprint density at radius 3 is 2.33 bits per heavy atom. The molecule has 0 saturated carbocycles. The normalized spacial score (nSPS) is 10.5. The number of hydrogen-bond acceptors (Lipinski definition) is 3. The summed E-state index contributed by atoms with van der Waals surface area (Å²) >= 11 is 7.78. The Morgan fingerprint density at radius 1 is 0.833 bits per heavy atom. The van der Waals surface area contributed by atoms with Crippen LogP contribution in [0.3, 0.4) is 0 Å². The first-order valence-electron chi connectivity index (χ1n) is 5.46. The molecule has 0 unspecified atom stereocenters. The summed E-state index contributed by atoms with van der Waals surface area (Å²) in [6.45, 7) is 0. The maximum Gasteiger partial charge on any atom is 0.136 e. The minimum atomic E-state index is 0.515. The molecule has 3 aromatic rings. The van der Waals surface area contributed by atoms with Crippen molar-refractivity contribution in [1.82, 2.24) is 9.97 Å². The Morgan fingerprint density at radius 2 is 1.61 bits per heavy atom. The maximum atomic E-state index is 6.16. The van der Waals surface area contributed by atoms with Crippen molar-refractivity contribution < 1.29 is 0 Å². The zero-order valence-corrected chi connectivity index (χ0v) is 10.9. The van der Waals surface area contributed by atoms with Gasteiger partial charge in [0, 0.05) is 28.9 Å². The summed E-state index contributed by atoms with van der Waals surface area (Å²) in [5.41, 5.74) is 3.08. The van der Waals surface area contributed by atoms with Crippen molar-refractivity contribution in [3.8, 4) is 21.7 Å². The van der Waals surface area contributed by atoms with Gasteiger partial charge >= 0.3 is 0 Å². The number of nitrogens with zero attached hydrogens (tertiary/aromatic N) is 2. The van der Waals surface area contributed by atoms with Crippen LogP contribution < -0.4 is 0 Å². The van der Waals surface area contributed by atoms with Crippen LogP contribution in [-0.2, 0) is 0 Å². The molecule has 0 bridgehead atoms. The van der Waals surface area contributed by atoms with E-state index in [0.29, 0.717) is 5.15 Å². The predicted octanol–water partition coefficient (Wildman–Crippen LogP) is 4.53. The van der Waals surface area contributed by atoms with Crippen molar-refractivity contribution in [2.75, 3.05) is 0 Å². The van der Waals surface area contributed by atoms with Gasteiger partial charge < -0.3 is 0 Å². The Kier molecular flexibility index (Phi) is 3.09. The molecule has 4 heteroatoms. The van der Waals surface area contributed by atoms with Gasteiger partial charge in [-0.3, -0.25) is 0 Å². The van der Waals surface area contributed by atoms with Crippen molar-refractivity contribution in [2.45, 2.75) is 0 Å². The minimum absolute atomic E-state index is 0.515. The fourth-order valence-corrected chi connectivity index (χ4v) is 2.75. The second kappa shape index (κ2) is 4.88. The van der Waals surface area contributed by atoms with Crippen molar-refractivity contribution in [2.24, 2.45) is 0 Å². The lowest BCUT2D eigenvalue weighted by atomic mass is 10.0. The molecule has 0 fully saturated rings. The number of halogens is 1. The largest absolute Gasteiger partial charge is 0.245 e. The van der Waals surface area contributed by atoms with E-state index in [0.717, 1.165) is 21.7 Å². The Balaban J connectivity index is 2.22. The molecule has 2 aromatic heterocycles. The molecular formula is C14H9ClN2S.